The maximum absolute atomic E-state index is 5.87. The summed E-state index contributed by atoms with van der Waals surface area (Å²) in [6, 6.07) is 11.1. The van der Waals surface area contributed by atoms with Gasteiger partial charge in [-0.15, -0.1) is 0 Å². The summed E-state index contributed by atoms with van der Waals surface area (Å²) in [6.45, 7) is 0. The highest BCUT2D eigenvalue weighted by Gasteiger charge is 2.33. The largest absolute Gasteiger partial charge is 0.298 e. The van der Waals surface area contributed by atoms with Gasteiger partial charge in [0.05, 0.1) is 12.1 Å². The van der Waals surface area contributed by atoms with Gasteiger partial charge in [-0.1, -0.05) is 43.2 Å². The fourth-order valence-corrected chi connectivity index (χ4v) is 2.70. The first-order chi connectivity index (χ1) is 8.43. The van der Waals surface area contributed by atoms with Gasteiger partial charge in [-0.3, -0.25) is 4.84 Å². The molecule has 1 aromatic carbocycles. The molecule has 1 aromatic rings. The van der Waals surface area contributed by atoms with Crippen LogP contribution in [0.4, 0.5) is 0 Å². The summed E-state index contributed by atoms with van der Waals surface area (Å²) in [4.78, 5) is 5.87. The lowest BCUT2D eigenvalue weighted by Crippen LogP contribution is -2.27. The van der Waals surface area contributed by atoms with Crippen LogP contribution < -0.4 is 5.48 Å². The van der Waals surface area contributed by atoms with E-state index in [1.165, 1.54) is 44.1 Å². The van der Waals surface area contributed by atoms with Gasteiger partial charge >= 0.3 is 0 Å². The standard InChI is InChI=1S/C15H21NO/c1-2-6-12(7-3-1)15(13-10-11-13)16-17-14-8-4-5-9-14/h1-3,6-7,13-16H,4-5,8-11H2. The fourth-order valence-electron chi connectivity index (χ4n) is 2.70. The molecule has 1 unspecified atom stereocenters. The van der Waals surface area contributed by atoms with E-state index >= 15 is 0 Å². The van der Waals surface area contributed by atoms with Gasteiger partial charge in [-0.2, -0.15) is 5.48 Å². The number of nitrogens with one attached hydrogen (secondary N) is 1. The van der Waals surface area contributed by atoms with E-state index in [0.29, 0.717) is 12.1 Å². The molecule has 2 heteroatoms. The first-order valence-corrected chi connectivity index (χ1v) is 6.89. The molecule has 1 atom stereocenters. The average molecular weight is 231 g/mol. The van der Waals surface area contributed by atoms with E-state index in [-0.39, 0.29) is 0 Å². The van der Waals surface area contributed by atoms with Gasteiger partial charge in [0.15, 0.2) is 0 Å². The molecule has 0 amide bonds. The Morgan fingerprint density at radius 1 is 1.00 bits per heavy atom. The Hall–Kier alpha value is -0.860. The Labute approximate surface area is 103 Å². The van der Waals surface area contributed by atoms with Crippen molar-refractivity contribution in [1.82, 2.24) is 5.48 Å². The van der Waals surface area contributed by atoms with E-state index in [1.807, 2.05) is 0 Å². The molecule has 2 fully saturated rings. The van der Waals surface area contributed by atoms with Crippen LogP contribution in [0.25, 0.3) is 0 Å². The highest BCUT2D eigenvalue weighted by Crippen LogP contribution is 2.41. The molecule has 0 bridgehead atoms. The van der Waals surface area contributed by atoms with E-state index in [2.05, 4.69) is 35.8 Å². The lowest BCUT2D eigenvalue weighted by Gasteiger charge is -2.21. The zero-order valence-corrected chi connectivity index (χ0v) is 10.3. The summed E-state index contributed by atoms with van der Waals surface area (Å²) in [5.74, 6) is 0.777. The monoisotopic (exact) mass is 231 g/mol. The summed E-state index contributed by atoms with van der Waals surface area (Å²) in [7, 11) is 0. The fraction of sp³-hybridized carbons (Fsp3) is 0.600. The highest BCUT2D eigenvalue weighted by atomic mass is 16.7. The minimum absolute atomic E-state index is 0.400. The molecular formula is C15H21NO. The quantitative estimate of drug-likeness (QED) is 0.782. The molecule has 2 aliphatic rings. The highest BCUT2D eigenvalue weighted by molar-refractivity contribution is 5.20. The Morgan fingerprint density at radius 2 is 1.71 bits per heavy atom. The second kappa shape index (κ2) is 5.19. The molecule has 0 spiro atoms. The predicted octanol–water partition coefficient (Wildman–Crippen LogP) is 3.60. The van der Waals surface area contributed by atoms with Crippen molar-refractivity contribution in [2.24, 2.45) is 5.92 Å². The van der Waals surface area contributed by atoms with Crippen LogP contribution in [0.1, 0.15) is 50.1 Å². The van der Waals surface area contributed by atoms with Crippen LogP contribution in [-0.2, 0) is 4.84 Å². The van der Waals surface area contributed by atoms with Crippen LogP contribution in [0.15, 0.2) is 30.3 Å². The first-order valence-electron chi connectivity index (χ1n) is 6.89. The molecule has 2 nitrogen and oxygen atoms in total. The molecule has 2 aliphatic carbocycles. The summed E-state index contributed by atoms with van der Waals surface area (Å²) in [5.41, 5.74) is 4.71. The lowest BCUT2D eigenvalue weighted by molar-refractivity contribution is -0.0448. The van der Waals surface area contributed by atoms with Crippen molar-refractivity contribution in [1.29, 1.82) is 0 Å². The average Bonchev–Trinajstić information content (AvgIpc) is 3.07. The van der Waals surface area contributed by atoms with Crippen molar-refractivity contribution in [3.8, 4) is 0 Å². The van der Waals surface area contributed by atoms with Crippen LogP contribution in [-0.4, -0.2) is 6.10 Å². The number of benzene rings is 1. The molecule has 3 rings (SSSR count). The van der Waals surface area contributed by atoms with Crippen LogP contribution in [0, 0.1) is 5.92 Å². The normalized spacial score (nSPS) is 22.8. The first kappa shape index (κ1) is 11.2. The third-order valence-electron chi connectivity index (χ3n) is 3.92. The number of hydrogen-bond donors (Lipinski definition) is 1. The summed E-state index contributed by atoms with van der Waals surface area (Å²) in [6.07, 6.45) is 8.21. The second-order valence-electron chi connectivity index (χ2n) is 5.37. The third-order valence-corrected chi connectivity index (χ3v) is 3.92. The molecule has 1 N–H and O–H groups in total. The maximum atomic E-state index is 5.87. The van der Waals surface area contributed by atoms with E-state index < -0.39 is 0 Å². The van der Waals surface area contributed by atoms with Gasteiger partial charge in [0.1, 0.15) is 0 Å². The van der Waals surface area contributed by atoms with Gasteiger partial charge in [0, 0.05) is 0 Å². The SMILES string of the molecule is c1ccc(C(NOC2CCCC2)C2CC2)cc1. The molecule has 0 radical (unpaired) electrons. The third kappa shape index (κ3) is 2.88. The maximum Gasteiger partial charge on any atom is 0.0790 e. The van der Waals surface area contributed by atoms with Crippen LogP contribution in [0.5, 0.6) is 0 Å². The van der Waals surface area contributed by atoms with Crippen LogP contribution in [0.3, 0.4) is 0 Å². The Balaban J connectivity index is 1.60. The van der Waals surface area contributed by atoms with Crippen LogP contribution >= 0.6 is 0 Å². The minimum atomic E-state index is 0.400. The van der Waals surface area contributed by atoms with E-state index in [1.54, 1.807) is 0 Å². The predicted molar refractivity (Wildman–Crippen MR) is 68.4 cm³/mol. The number of rotatable bonds is 5. The Kier molecular flexibility index (Phi) is 3.44. The summed E-state index contributed by atoms with van der Waals surface area (Å²) >= 11 is 0. The van der Waals surface area contributed by atoms with E-state index in [4.69, 9.17) is 4.84 Å². The smallest absolute Gasteiger partial charge is 0.0790 e. The summed E-state index contributed by atoms with van der Waals surface area (Å²) in [5, 5.41) is 0. The van der Waals surface area contributed by atoms with Crippen molar-refractivity contribution >= 4 is 0 Å². The Morgan fingerprint density at radius 3 is 2.35 bits per heavy atom. The zero-order chi connectivity index (χ0) is 11.5. The number of hydroxylamine groups is 1. The summed E-state index contributed by atoms with van der Waals surface area (Å²) < 4.78 is 0. The topological polar surface area (TPSA) is 21.3 Å². The molecule has 17 heavy (non-hydrogen) atoms. The van der Waals surface area contributed by atoms with Crippen molar-refractivity contribution in [2.45, 2.75) is 50.7 Å². The van der Waals surface area contributed by atoms with Crippen molar-refractivity contribution in [2.75, 3.05) is 0 Å². The van der Waals surface area contributed by atoms with Crippen LogP contribution in [0.2, 0.25) is 0 Å². The molecule has 92 valence electrons. The molecule has 2 saturated carbocycles. The van der Waals surface area contributed by atoms with Gasteiger partial charge in [-0.05, 0) is 37.2 Å². The minimum Gasteiger partial charge on any atom is -0.298 e. The van der Waals surface area contributed by atoms with E-state index in [9.17, 15) is 0 Å². The Bertz CT molecular complexity index is 341. The number of hydrogen-bond acceptors (Lipinski definition) is 2. The molecule has 0 saturated heterocycles. The van der Waals surface area contributed by atoms with Gasteiger partial charge in [0.25, 0.3) is 0 Å². The van der Waals surface area contributed by atoms with Gasteiger partial charge in [0.2, 0.25) is 0 Å². The van der Waals surface area contributed by atoms with Gasteiger partial charge < -0.3 is 0 Å². The molecule has 0 aromatic heterocycles. The van der Waals surface area contributed by atoms with Crippen molar-refractivity contribution < 1.29 is 4.84 Å². The van der Waals surface area contributed by atoms with Gasteiger partial charge in [-0.25, -0.2) is 0 Å². The van der Waals surface area contributed by atoms with Crippen molar-refractivity contribution in [3.05, 3.63) is 35.9 Å². The molecular weight excluding hydrogens is 210 g/mol. The second-order valence-corrected chi connectivity index (χ2v) is 5.37. The molecule has 0 heterocycles. The van der Waals surface area contributed by atoms with E-state index in [0.717, 1.165) is 5.92 Å². The van der Waals surface area contributed by atoms with Crippen molar-refractivity contribution in [3.63, 3.8) is 0 Å². The lowest BCUT2D eigenvalue weighted by atomic mass is 10.0. The zero-order valence-electron chi connectivity index (χ0n) is 10.3. The molecule has 0 aliphatic heterocycles.